The highest BCUT2D eigenvalue weighted by molar-refractivity contribution is 5.78. The van der Waals surface area contributed by atoms with Crippen molar-refractivity contribution in [3.8, 4) is 22.8 Å². The molecule has 4 heteroatoms. The topological polar surface area (TPSA) is 44.0 Å². The van der Waals surface area contributed by atoms with Gasteiger partial charge in [-0.2, -0.15) is 0 Å². The second kappa shape index (κ2) is 7.38. The fourth-order valence-electron chi connectivity index (χ4n) is 2.99. The van der Waals surface area contributed by atoms with E-state index in [0.29, 0.717) is 11.5 Å². The molecule has 4 aromatic rings. The Morgan fingerprint density at radius 3 is 2.26 bits per heavy atom. The van der Waals surface area contributed by atoms with Gasteiger partial charge in [-0.05, 0) is 24.3 Å². The smallest absolute Gasteiger partial charge is 0.162 e. The van der Waals surface area contributed by atoms with E-state index in [4.69, 9.17) is 18.9 Å². The van der Waals surface area contributed by atoms with Crippen LogP contribution < -0.4 is 14.8 Å². The maximum Gasteiger partial charge on any atom is 0.162 e. The lowest BCUT2D eigenvalue weighted by atomic mass is 10.1. The molecule has 1 aromatic heterocycles. The van der Waals surface area contributed by atoms with Crippen molar-refractivity contribution >= 4 is 16.7 Å². The summed E-state index contributed by atoms with van der Waals surface area (Å²) in [6.07, 6.45) is 0. The zero-order chi connectivity index (χ0) is 18.6. The van der Waals surface area contributed by atoms with Gasteiger partial charge in [0.15, 0.2) is 11.5 Å². The van der Waals surface area contributed by atoms with Crippen LogP contribution in [0.1, 0.15) is 0 Å². The summed E-state index contributed by atoms with van der Waals surface area (Å²) in [5.74, 6) is 2.09. The molecular formula is C23H19NO3. The van der Waals surface area contributed by atoms with E-state index in [0.717, 1.165) is 33.3 Å². The maximum atomic E-state index is 6.10. The monoisotopic (exact) mass is 357 g/mol. The van der Waals surface area contributed by atoms with Crippen molar-refractivity contribution in [1.82, 2.24) is 0 Å². The molecule has 0 amide bonds. The summed E-state index contributed by atoms with van der Waals surface area (Å²) in [4.78, 5) is 4.84. The molecule has 0 spiro atoms. The third-order valence-electron chi connectivity index (χ3n) is 4.33. The Bertz CT molecular complexity index is 1150. The van der Waals surface area contributed by atoms with Crippen molar-refractivity contribution in [2.45, 2.75) is 0 Å². The van der Waals surface area contributed by atoms with Crippen molar-refractivity contribution in [3.05, 3.63) is 84.2 Å². The van der Waals surface area contributed by atoms with Crippen LogP contribution in [-0.4, -0.2) is 14.2 Å². The lowest BCUT2D eigenvalue weighted by Gasteiger charge is -2.08. The Balaban J connectivity index is 1.94. The van der Waals surface area contributed by atoms with Gasteiger partial charge in [0.2, 0.25) is 0 Å². The largest absolute Gasteiger partial charge is 0.493 e. The second-order valence-electron chi connectivity index (χ2n) is 6.01. The van der Waals surface area contributed by atoms with Crippen LogP contribution >= 0.6 is 0 Å². The van der Waals surface area contributed by atoms with E-state index < -0.39 is 0 Å². The number of methoxy groups -OCH3 is 2. The highest BCUT2D eigenvalue weighted by Crippen LogP contribution is 2.31. The number of ether oxygens (including phenoxy) is 2. The van der Waals surface area contributed by atoms with Gasteiger partial charge in [-0.15, -0.1) is 0 Å². The molecule has 0 saturated heterocycles. The number of benzene rings is 3. The molecule has 134 valence electrons. The molecule has 0 aliphatic carbocycles. The SMILES string of the molecule is COc1ccc(N=c2cc(-c3ccccc3)oc3ccccc23)cc1OC. The Morgan fingerprint density at radius 2 is 1.48 bits per heavy atom. The number of fused-ring (bicyclic) bond motifs is 1. The van der Waals surface area contributed by atoms with Crippen LogP contribution in [0.2, 0.25) is 0 Å². The molecule has 0 saturated carbocycles. The van der Waals surface area contributed by atoms with Gasteiger partial charge in [-0.3, -0.25) is 0 Å². The van der Waals surface area contributed by atoms with Crippen LogP contribution in [0.3, 0.4) is 0 Å². The van der Waals surface area contributed by atoms with Gasteiger partial charge in [-0.1, -0.05) is 42.5 Å². The fraction of sp³-hybridized carbons (Fsp3) is 0.0870. The quantitative estimate of drug-likeness (QED) is 0.494. The molecule has 0 aliphatic rings. The molecule has 27 heavy (non-hydrogen) atoms. The normalized spacial score (nSPS) is 11.6. The number of hydrogen-bond acceptors (Lipinski definition) is 4. The maximum absolute atomic E-state index is 6.10. The van der Waals surface area contributed by atoms with Crippen LogP contribution in [0.5, 0.6) is 11.5 Å². The summed E-state index contributed by atoms with van der Waals surface area (Å²) in [7, 11) is 3.24. The Labute approximate surface area is 157 Å². The molecule has 0 N–H and O–H groups in total. The van der Waals surface area contributed by atoms with E-state index in [1.807, 2.05) is 78.9 Å². The molecule has 0 unspecified atom stereocenters. The van der Waals surface area contributed by atoms with Crippen LogP contribution in [0, 0.1) is 0 Å². The van der Waals surface area contributed by atoms with Gasteiger partial charge >= 0.3 is 0 Å². The van der Waals surface area contributed by atoms with Crippen LogP contribution in [0.4, 0.5) is 5.69 Å². The van der Waals surface area contributed by atoms with Crippen molar-refractivity contribution in [2.24, 2.45) is 4.99 Å². The Morgan fingerprint density at radius 1 is 0.741 bits per heavy atom. The first kappa shape index (κ1) is 16.9. The predicted octanol–water partition coefficient (Wildman–Crippen LogP) is 5.35. The molecule has 4 nitrogen and oxygen atoms in total. The van der Waals surface area contributed by atoms with Crippen LogP contribution in [0.15, 0.2) is 88.3 Å². The molecule has 1 heterocycles. The highest BCUT2D eigenvalue weighted by atomic mass is 16.5. The summed E-state index contributed by atoms with van der Waals surface area (Å²) in [5, 5.41) is 1.79. The van der Waals surface area contributed by atoms with E-state index in [2.05, 4.69) is 0 Å². The van der Waals surface area contributed by atoms with Gasteiger partial charge in [0, 0.05) is 23.1 Å². The first-order valence-electron chi connectivity index (χ1n) is 8.63. The van der Waals surface area contributed by atoms with E-state index in [1.54, 1.807) is 14.2 Å². The Kier molecular flexibility index (Phi) is 4.62. The van der Waals surface area contributed by atoms with Gasteiger partial charge in [0.25, 0.3) is 0 Å². The van der Waals surface area contributed by atoms with Gasteiger partial charge < -0.3 is 13.9 Å². The zero-order valence-electron chi connectivity index (χ0n) is 15.2. The minimum atomic E-state index is 0.645. The molecule has 0 radical (unpaired) electrons. The standard InChI is InChI=1S/C23H19NO3/c1-25-21-13-12-17(14-23(21)26-2)24-19-15-22(16-8-4-3-5-9-16)27-20-11-7-6-10-18(19)20/h3-15H,1-2H3. The molecule has 0 atom stereocenters. The third-order valence-corrected chi connectivity index (χ3v) is 4.33. The molecule has 4 rings (SSSR count). The molecule has 0 aliphatic heterocycles. The third kappa shape index (κ3) is 3.42. The second-order valence-corrected chi connectivity index (χ2v) is 6.01. The fourth-order valence-corrected chi connectivity index (χ4v) is 2.99. The first-order chi connectivity index (χ1) is 13.3. The summed E-state index contributed by atoms with van der Waals surface area (Å²) < 4.78 is 16.8. The van der Waals surface area contributed by atoms with E-state index in [1.165, 1.54) is 0 Å². The molecule has 0 fully saturated rings. The average Bonchev–Trinajstić information content (AvgIpc) is 2.74. The lowest BCUT2D eigenvalue weighted by molar-refractivity contribution is 0.355. The Hall–Kier alpha value is -3.53. The van der Waals surface area contributed by atoms with Crippen molar-refractivity contribution in [3.63, 3.8) is 0 Å². The van der Waals surface area contributed by atoms with Crippen molar-refractivity contribution in [1.29, 1.82) is 0 Å². The predicted molar refractivity (Wildman–Crippen MR) is 106 cm³/mol. The van der Waals surface area contributed by atoms with Crippen LogP contribution in [-0.2, 0) is 0 Å². The first-order valence-corrected chi connectivity index (χ1v) is 8.63. The summed E-state index contributed by atoms with van der Waals surface area (Å²) in [6.45, 7) is 0. The number of para-hydroxylation sites is 1. The van der Waals surface area contributed by atoms with Crippen molar-refractivity contribution in [2.75, 3.05) is 14.2 Å². The number of rotatable bonds is 4. The van der Waals surface area contributed by atoms with Gasteiger partial charge in [0.05, 0.1) is 25.3 Å². The van der Waals surface area contributed by atoms with Crippen molar-refractivity contribution < 1.29 is 13.9 Å². The summed E-state index contributed by atoms with van der Waals surface area (Å²) in [5.41, 5.74) is 2.58. The van der Waals surface area contributed by atoms with Gasteiger partial charge in [-0.25, -0.2) is 4.99 Å². The van der Waals surface area contributed by atoms with E-state index in [-0.39, 0.29) is 0 Å². The highest BCUT2D eigenvalue weighted by Gasteiger charge is 2.07. The molecular weight excluding hydrogens is 338 g/mol. The molecule has 0 bridgehead atoms. The minimum absolute atomic E-state index is 0.645. The summed E-state index contributed by atoms with van der Waals surface area (Å²) in [6, 6.07) is 25.5. The van der Waals surface area contributed by atoms with E-state index >= 15 is 0 Å². The average molecular weight is 357 g/mol. The van der Waals surface area contributed by atoms with Gasteiger partial charge in [0.1, 0.15) is 11.3 Å². The lowest BCUT2D eigenvalue weighted by Crippen LogP contribution is -2.03. The minimum Gasteiger partial charge on any atom is -0.493 e. The van der Waals surface area contributed by atoms with E-state index in [9.17, 15) is 0 Å². The molecule has 3 aromatic carbocycles. The number of hydrogen-bond donors (Lipinski definition) is 0. The summed E-state index contributed by atoms with van der Waals surface area (Å²) >= 11 is 0. The number of nitrogens with zero attached hydrogens (tertiary/aromatic N) is 1. The van der Waals surface area contributed by atoms with Crippen LogP contribution in [0.25, 0.3) is 22.3 Å². The zero-order valence-corrected chi connectivity index (χ0v) is 15.2.